The van der Waals surface area contributed by atoms with Gasteiger partial charge in [0.1, 0.15) is 0 Å². The molecule has 0 radical (unpaired) electrons. The highest BCUT2D eigenvalue weighted by molar-refractivity contribution is 4.95. The van der Waals surface area contributed by atoms with E-state index in [4.69, 9.17) is 10.2 Å². The summed E-state index contributed by atoms with van der Waals surface area (Å²) in [7, 11) is 0. The molecule has 0 atom stereocenters. The summed E-state index contributed by atoms with van der Waals surface area (Å²) in [6, 6.07) is 0.274. The van der Waals surface area contributed by atoms with Gasteiger partial charge in [0.15, 0.2) is 0 Å². The molecular weight excluding hydrogens is 130 g/mol. The first-order chi connectivity index (χ1) is 4.68. The van der Waals surface area contributed by atoms with Crippen molar-refractivity contribution < 1.29 is 9.52 Å². The van der Waals surface area contributed by atoms with Crippen molar-refractivity contribution in [1.29, 1.82) is 0 Å². The summed E-state index contributed by atoms with van der Waals surface area (Å²) in [5.41, 5.74) is 5.27. The molecule has 3 N–H and O–H groups in total. The summed E-state index contributed by atoms with van der Waals surface area (Å²) >= 11 is 0. The Balaban J connectivity index is 2.58. The van der Waals surface area contributed by atoms with Crippen LogP contribution in [-0.4, -0.2) is 5.10 Å². The molecule has 0 saturated carbocycles. The van der Waals surface area contributed by atoms with Crippen LogP contribution in [0.1, 0.15) is 19.7 Å². The Kier molecular flexibility index (Phi) is 1.89. The lowest BCUT2D eigenvalue weighted by Gasteiger charge is -1.94. The molecule has 4 heteroatoms. The number of nitrogens with two attached hydrogens (primary N) is 1. The number of rotatable bonds is 2. The summed E-state index contributed by atoms with van der Waals surface area (Å²) in [6.07, 6.45) is 0.827. The van der Waals surface area contributed by atoms with Gasteiger partial charge in [-0.2, -0.15) is 0 Å². The molecule has 0 spiro atoms. The standard InChI is InChI=1S/C6H11N3O/c1-4(2)3-5-8-9-6(7)10-5/h4H,3H2,1-2H3,(H2,7,9)/p+1. The van der Waals surface area contributed by atoms with Crippen LogP contribution < -0.4 is 10.8 Å². The lowest BCUT2D eigenvalue weighted by Crippen LogP contribution is -2.08. The second-order valence-electron chi connectivity index (χ2n) is 2.68. The van der Waals surface area contributed by atoms with Crippen molar-refractivity contribution in [2.45, 2.75) is 20.3 Å². The van der Waals surface area contributed by atoms with Gasteiger partial charge < -0.3 is 4.42 Å². The van der Waals surface area contributed by atoms with Crippen LogP contribution in [0.2, 0.25) is 0 Å². The van der Waals surface area contributed by atoms with E-state index in [1.54, 1.807) is 0 Å². The van der Waals surface area contributed by atoms with Gasteiger partial charge >= 0.3 is 6.01 Å². The summed E-state index contributed by atoms with van der Waals surface area (Å²) in [5, 5.41) is 6.37. The minimum atomic E-state index is 0.274. The van der Waals surface area contributed by atoms with Crippen molar-refractivity contribution in [2.24, 2.45) is 5.92 Å². The Bertz CT molecular complexity index is 207. The van der Waals surface area contributed by atoms with E-state index in [2.05, 4.69) is 24.0 Å². The van der Waals surface area contributed by atoms with Crippen LogP contribution in [-0.2, 0) is 6.42 Å². The quantitative estimate of drug-likeness (QED) is 0.644. The van der Waals surface area contributed by atoms with Crippen LogP contribution in [0.25, 0.3) is 0 Å². The van der Waals surface area contributed by atoms with Gasteiger partial charge in [0, 0.05) is 6.42 Å². The van der Waals surface area contributed by atoms with Crippen LogP contribution in [0, 0.1) is 5.92 Å². The zero-order valence-corrected chi connectivity index (χ0v) is 6.22. The molecule has 0 saturated heterocycles. The van der Waals surface area contributed by atoms with E-state index in [0.29, 0.717) is 11.8 Å². The molecule has 4 nitrogen and oxygen atoms in total. The normalized spacial score (nSPS) is 10.7. The highest BCUT2D eigenvalue weighted by Crippen LogP contribution is 2.04. The largest absolute Gasteiger partial charge is 0.472 e. The molecule has 0 aliphatic heterocycles. The predicted molar refractivity (Wildman–Crippen MR) is 36.0 cm³/mol. The third-order valence-electron chi connectivity index (χ3n) is 1.10. The van der Waals surface area contributed by atoms with Gasteiger partial charge in [0.25, 0.3) is 0 Å². The molecular formula is C6H12N3O+. The number of nitrogens with zero attached hydrogens (tertiary/aromatic N) is 1. The molecule has 0 aromatic carbocycles. The van der Waals surface area contributed by atoms with Crippen molar-refractivity contribution in [3.05, 3.63) is 5.89 Å². The lowest BCUT2D eigenvalue weighted by atomic mass is 10.1. The summed E-state index contributed by atoms with van der Waals surface area (Å²) in [4.78, 5) is 0. The summed E-state index contributed by atoms with van der Waals surface area (Å²) < 4.78 is 5.01. The van der Waals surface area contributed by atoms with Gasteiger partial charge in [0.2, 0.25) is 5.89 Å². The molecule has 0 amide bonds. The van der Waals surface area contributed by atoms with Crippen LogP contribution >= 0.6 is 0 Å². The van der Waals surface area contributed by atoms with E-state index >= 15 is 0 Å². The Hall–Kier alpha value is -1.06. The number of anilines is 1. The maximum absolute atomic E-state index is 5.27. The Morgan fingerprint density at radius 3 is 2.80 bits per heavy atom. The predicted octanol–water partition coefficient (Wildman–Crippen LogP) is 0.269. The summed E-state index contributed by atoms with van der Waals surface area (Å²) in [5.74, 6) is 1.22. The van der Waals surface area contributed by atoms with Crippen molar-refractivity contribution in [1.82, 2.24) is 5.10 Å². The minimum absolute atomic E-state index is 0.274. The molecule has 10 heavy (non-hydrogen) atoms. The monoisotopic (exact) mass is 142 g/mol. The van der Waals surface area contributed by atoms with Crippen molar-refractivity contribution >= 4 is 6.01 Å². The third kappa shape index (κ3) is 1.72. The van der Waals surface area contributed by atoms with E-state index in [9.17, 15) is 0 Å². The first-order valence-corrected chi connectivity index (χ1v) is 3.31. The zero-order chi connectivity index (χ0) is 7.56. The molecule has 1 aromatic heterocycles. The molecule has 56 valence electrons. The lowest BCUT2D eigenvalue weighted by molar-refractivity contribution is -0.438. The molecule has 0 aliphatic rings. The number of aromatic nitrogens is 2. The van der Waals surface area contributed by atoms with Crippen molar-refractivity contribution in [3.8, 4) is 0 Å². The van der Waals surface area contributed by atoms with Crippen LogP contribution in [0.15, 0.2) is 4.42 Å². The SMILES string of the molecule is CC(C)Cc1n[nH+]c(N)o1. The fourth-order valence-electron chi connectivity index (χ4n) is 0.727. The first kappa shape index (κ1) is 7.05. The number of H-pyrrole nitrogens is 1. The smallest absolute Gasteiger partial charge is 0.372 e. The summed E-state index contributed by atoms with van der Waals surface area (Å²) in [6.45, 7) is 4.20. The second-order valence-corrected chi connectivity index (χ2v) is 2.68. The minimum Gasteiger partial charge on any atom is -0.372 e. The van der Waals surface area contributed by atoms with Crippen LogP contribution in [0.4, 0.5) is 6.01 Å². The second kappa shape index (κ2) is 2.68. The number of nitrogens with one attached hydrogen (secondary N) is 1. The van der Waals surface area contributed by atoms with Gasteiger partial charge in [0.05, 0.1) is 0 Å². The molecule has 1 rings (SSSR count). The molecule has 0 fully saturated rings. The molecule has 0 bridgehead atoms. The van der Waals surface area contributed by atoms with Gasteiger partial charge in [-0.15, -0.1) is 5.10 Å². The fourth-order valence-corrected chi connectivity index (χ4v) is 0.727. The number of aromatic amines is 1. The Morgan fingerprint density at radius 1 is 1.70 bits per heavy atom. The topological polar surface area (TPSA) is 66.2 Å². The van der Waals surface area contributed by atoms with E-state index < -0.39 is 0 Å². The maximum Gasteiger partial charge on any atom is 0.472 e. The van der Waals surface area contributed by atoms with Gasteiger partial charge in [-0.05, 0) is 11.0 Å². The van der Waals surface area contributed by atoms with Gasteiger partial charge in [-0.1, -0.05) is 13.8 Å². The Morgan fingerprint density at radius 2 is 2.40 bits per heavy atom. The highest BCUT2D eigenvalue weighted by atomic mass is 16.4. The van der Waals surface area contributed by atoms with Crippen LogP contribution in [0.5, 0.6) is 0 Å². The van der Waals surface area contributed by atoms with E-state index in [0.717, 1.165) is 6.42 Å². The zero-order valence-electron chi connectivity index (χ0n) is 6.22. The maximum atomic E-state index is 5.27. The third-order valence-corrected chi connectivity index (χ3v) is 1.10. The number of hydrogen-bond donors (Lipinski definition) is 1. The molecule has 1 heterocycles. The molecule has 0 unspecified atom stereocenters. The molecule has 0 aliphatic carbocycles. The van der Waals surface area contributed by atoms with E-state index in [-0.39, 0.29) is 6.01 Å². The number of nitrogen functional groups attached to an aromatic ring is 1. The van der Waals surface area contributed by atoms with Crippen molar-refractivity contribution in [2.75, 3.05) is 5.73 Å². The fraction of sp³-hybridized carbons (Fsp3) is 0.667. The average molecular weight is 142 g/mol. The highest BCUT2D eigenvalue weighted by Gasteiger charge is 2.07. The van der Waals surface area contributed by atoms with Gasteiger partial charge in [-0.25, -0.2) is 0 Å². The van der Waals surface area contributed by atoms with Gasteiger partial charge in [-0.3, -0.25) is 5.73 Å². The van der Waals surface area contributed by atoms with Crippen LogP contribution in [0.3, 0.4) is 0 Å². The van der Waals surface area contributed by atoms with E-state index in [1.807, 2.05) is 0 Å². The average Bonchev–Trinajstić information content (AvgIpc) is 2.13. The van der Waals surface area contributed by atoms with E-state index in [1.165, 1.54) is 0 Å². The van der Waals surface area contributed by atoms with Crippen molar-refractivity contribution in [3.63, 3.8) is 0 Å². The molecule has 1 aromatic rings. The number of hydrogen-bond acceptors (Lipinski definition) is 3. The Labute approximate surface area is 59.4 Å². The first-order valence-electron chi connectivity index (χ1n) is 3.31.